The van der Waals surface area contributed by atoms with Crippen molar-refractivity contribution in [2.75, 3.05) is 20.1 Å². The molecule has 1 saturated carbocycles. The van der Waals surface area contributed by atoms with E-state index in [9.17, 15) is 0 Å². The first-order valence-electron chi connectivity index (χ1n) is 7.57. The van der Waals surface area contributed by atoms with E-state index < -0.39 is 0 Å². The smallest absolute Gasteiger partial charge is 0.0195 e. The van der Waals surface area contributed by atoms with Crippen LogP contribution in [0, 0.1) is 17.8 Å². The summed E-state index contributed by atoms with van der Waals surface area (Å²) in [4.78, 5) is 2.80. The fraction of sp³-hybridized carbons (Fsp3) is 1.00. The summed E-state index contributed by atoms with van der Waals surface area (Å²) in [7, 11) is 2.13. The summed E-state index contributed by atoms with van der Waals surface area (Å²) < 4.78 is 0. The Morgan fingerprint density at radius 2 is 1.88 bits per heavy atom. The number of piperidine rings is 1. The molecule has 1 saturated heterocycles. The van der Waals surface area contributed by atoms with Gasteiger partial charge in [0, 0.05) is 25.2 Å². The zero-order valence-electron chi connectivity index (χ0n) is 12.1. The van der Waals surface area contributed by atoms with E-state index in [0.717, 1.165) is 23.8 Å². The lowest BCUT2D eigenvalue weighted by molar-refractivity contribution is 0.0692. The van der Waals surface area contributed by atoms with Crippen LogP contribution in [-0.4, -0.2) is 37.1 Å². The molecule has 0 aromatic rings. The molecule has 2 nitrogen and oxygen atoms in total. The van der Waals surface area contributed by atoms with Crippen molar-refractivity contribution >= 4 is 0 Å². The molecule has 2 heteroatoms. The van der Waals surface area contributed by atoms with Crippen molar-refractivity contribution in [3.63, 3.8) is 0 Å². The predicted octanol–water partition coefficient (Wildman–Crippen LogP) is 2.74. The minimum atomic E-state index is 0.712. The first-order chi connectivity index (χ1) is 8.15. The minimum absolute atomic E-state index is 0.712. The van der Waals surface area contributed by atoms with Crippen molar-refractivity contribution in [3.05, 3.63) is 0 Å². The number of nitrogens with one attached hydrogen (secondary N) is 1. The number of nitrogens with zero attached hydrogens (tertiary/aromatic N) is 1. The number of hydrogen-bond acceptors (Lipinski definition) is 2. The van der Waals surface area contributed by atoms with Gasteiger partial charge in [0.1, 0.15) is 0 Å². The van der Waals surface area contributed by atoms with Gasteiger partial charge in [-0.1, -0.05) is 20.8 Å². The predicted molar refractivity (Wildman–Crippen MR) is 74.2 cm³/mol. The van der Waals surface area contributed by atoms with Crippen LogP contribution in [0.4, 0.5) is 0 Å². The van der Waals surface area contributed by atoms with Gasteiger partial charge in [-0.15, -0.1) is 0 Å². The van der Waals surface area contributed by atoms with Crippen LogP contribution in [0.2, 0.25) is 0 Å². The Balaban J connectivity index is 1.99. The fourth-order valence-electron chi connectivity index (χ4n) is 3.51. The molecule has 0 bridgehead atoms. The Morgan fingerprint density at radius 1 is 1.18 bits per heavy atom. The van der Waals surface area contributed by atoms with Crippen LogP contribution in [0.1, 0.15) is 46.5 Å². The van der Waals surface area contributed by atoms with E-state index in [1.165, 1.54) is 38.8 Å². The van der Waals surface area contributed by atoms with Gasteiger partial charge in [-0.3, -0.25) is 4.90 Å². The second kappa shape index (κ2) is 5.71. The zero-order valence-corrected chi connectivity index (χ0v) is 12.1. The molecule has 0 amide bonds. The Labute approximate surface area is 107 Å². The molecular formula is C15H30N2. The molecular weight excluding hydrogens is 208 g/mol. The second-order valence-electron chi connectivity index (χ2n) is 6.49. The zero-order chi connectivity index (χ0) is 12.4. The quantitative estimate of drug-likeness (QED) is 0.792. The van der Waals surface area contributed by atoms with E-state index in [0.29, 0.717) is 6.04 Å². The van der Waals surface area contributed by atoms with Crippen LogP contribution < -0.4 is 5.32 Å². The largest absolute Gasteiger partial charge is 0.316 e. The van der Waals surface area contributed by atoms with Crippen LogP contribution in [0.3, 0.4) is 0 Å². The highest BCUT2D eigenvalue weighted by Gasteiger charge is 2.38. The maximum Gasteiger partial charge on any atom is 0.0195 e. The maximum absolute atomic E-state index is 3.52. The molecule has 2 fully saturated rings. The molecule has 3 unspecified atom stereocenters. The molecule has 2 aliphatic rings. The Hall–Kier alpha value is -0.0800. The van der Waals surface area contributed by atoms with E-state index in [2.05, 4.69) is 38.0 Å². The molecule has 3 atom stereocenters. The van der Waals surface area contributed by atoms with Crippen molar-refractivity contribution in [1.82, 2.24) is 10.2 Å². The molecule has 1 N–H and O–H groups in total. The van der Waals surface area contributed by atoms with Gasteiger partial charge in [-0.25, -0.2) is 0 Å². The molecule has 1 aliphatic heterocycles. The number of likely N-dealkylation sites (tertiary alicyclic amines) is 1. The highest BCUT2D eigenvalue weighted by Crippen LogP contribution is 2.38. The van der Waals surface area contributed by atoms with Gasteiger partial charge >= 0.3 is 0 Å². The summed E-state index contributed by atoms with van der Waals surface area (Å²) in [6.45, 7) is 9.76. The number of hydrogen-bond donors (Lipinski definition) is 1. The summed E-state index contributed by atoms with van der Waals surface area (Å²) in [5.41, 5.74) is 0. The van der Waals surface area contributed by atoms with Gasteiger partial charge < -0.3 is 5.32 Å². The third kappa shape index (κ3) is 3.23. The van der Waals surface area contributed by atoms with Gasteiger partial charge in [0.2, 0.25) is 0 Å². The van der Waals surface area contributed by atoms with Crippen LogP contribution in [0.25, 0.3) is 0 Å². The van der Waals surface area contributed by atoms with Gasteiger partial charge in [-0.05, 0) is 50.5 Å². The van der Waals surface area contributed by atoms with Crippen LogP contribution in [0.15, 0.2) is 0 Å². The van der Waals surface area contributed by atoms with Crippen molar-refractivity contribution in [3.8, 4) is 0 Å². The van der Waals surface area contributed by atoms with Gasteiger partial charge in [-0.2, -0.15) is 0 Å². The normalized spacial score (nSPS) is 33.0. The molecule has 100 valence electrons. The monoisotopic (exact) mass is 238 g/mol. The first kappa shape index (κ1) is 13.4. The average Bonchev–Trinajstić information content (AvgIpc) is 3.14. The standard InChI is InChI=1S/C15H30N2/c1-5-15(12-6-7-12)17-9-13(11(2)3)8-14(10-17)16-4/h11-16H,5-10H2,1-4H3. The summed E-state index contributed by atoms with van der Waals surface area (Å²) in [5.74, 6) is 2.72. The highest BCUT2D eigenvalue weighted by molar-refractivity contribution is 4.93. The van der Waals surface area contributed by atoms with Crippen molar-refractivity contribution in [2.24, 2.45) is 17.8 Å². The molecule has 0 aromatic heterocycles. The Kier molecular flexibility index (Phi) is 4.48. The van der Waals surface area contributed by atoms with Crippen molar-refractivity contribution in [2.45, 2.75) is 58.5 Å². The molecule has 2 rings (SSSR count). The third-order valence-corrected chi connectivity index (χ3v) is 4.92. The van der Waals surface area contributed by atoms with E-state index in [1.807, 2.05) is 0 Å². The molecule has 1 aliphatic carbocycles. The van der Waals surface area contributed by atoms with Crippen molar-refractivity contribution in [1.29, 1.82) is 0 Å². The molecule has 17 heavy (non-hydrogen) atoms. The van der Waals surface area contributed by atoms with Crippen LogP contribution >= 0.6 is 0 Å². The molecule has 1 heterocycles. The SMILES string of the molecule is CCC(C1CC1)N1CC(NC)CC(C(C)C)C1. The molecule has 0 aromatic carbocycles. The summed E-state index contributed by atoms with van der Waals surface area (Å²) in [5, 5.41) is 3.52. The minimum Gasteiger partial charge on any atom is -0.316 e. The fourth-order valence-corrected chi connectivity index (χ4v) is 3.51. The van der Waals surface area contributed by atoms with E-state index >= 15 is 0 Å². The lowest BCUT2D eigenvalue weighted by atomic mass is 9.84. The lowest BCUT2D eigenvalue weighted by Crippen LogP contribution is -2.53. The Morgan fingerprint density at radius 3 is 2.35 bits per heavy atom. The van der Waals surface area contributed by atoms with E-state index in [-0.39, 0.29) is 0 Å². The number of rotatable bonds is 5. The van der Waals surface area contributed by atoms with Gasteiger partial charge in [0.05, 0.1) is 0 Å². The Bertz CT molecular complexity index is 235. The molecule has 0 spiro atoms. The van der Waals surface area contributed by atoms with E-state index in [4.69, 9.17) is 0 Å². The summed E-state index contributed by atoms with van der Waals surface area (Å²) in [6, 6.07) is 1.58. The summed E-state index contributed by atoms with van der Waals surface area (Å²) in [6.07, 6.45) is 5.66. The van der Waals surface area contributed by atoms with Gasteiger partial charge in [0.25, 0.3) is 0 Å². The average molecular weight is 238 g/mol. The van der Waals surface area contributed by atoms with Crippen LogP contribution in [-0.2, 0) is 0 Å². The highest BCUT2D eigenvalue weighted by atomic mass is 15.2. The van der Waals surface area contributed by atoms with Gasteiger partial charge in [0.15, 0.2) is 0 Å². The van der Waals surface area contributed by atoms with Crippen molar-refractivity contribution < 1.29 is 0 Å². The van der Waals surface area contributed by atoms with Crippen LogP contribution in [0.5, 0.6) is 0 Å². The maximum atomic E-state index is 3.52. The topological polar surface area (TPSA) is 15.3 Å². The third-order valence-electron chi connectivity index (χ3n) is 4.92. The molecule has 0 radical (unpaired) electrons. The second-order valence-corrected chi connectivity index (χ2v) is 6.49. The lowest BCUT2D eigenvalue weighted by Gasteiger charge is -2.43. The van der Waals surface area contributed by atoms with E-state index in [1.54, 1.807) is 0 Å². The summed E-state index contributed by atoms with van der Waals surface area (Å²) >= 11 is 0. The number of likely N-dealkylation sites (N-methyl/N-ethyl adjacent to an activating group) is 1. The first-order valence-corrected chi connectivity index (χ1v) is 7.57.